The minimum Gasteiger partial charge on any atom is -0.480 e. The Labute approximate surface area is 119 Å². The van der Waals surface area contributed by atoms with E-state index in [1.54, 1.807) is 0 Å². The minimum atomic E-state index is -0.602. The lowest BCUT2D eigenvalue weighted by Crippen LogP contribution is -2.00. The second kappa shape index (κ2) is 5.96. The normalized spacial score (nSPS) is 10.8. The molecule has 0 radical (unpaired) electrons. The van der Waals surface area contributed by atoms with E-state index in [4.69, 9.17) is 4.74 Å². The van der Waals surface area contributed by atoms with Crippen LogP contribution in [0.1, 0.15) is 30.5 Å². The third-order valence-electron chi connectivity index (χ3n) is 2.56. The molecule has 7 heteroatoms. The third kappa shape index (κ3) is 3.30. The summed E-state index contributed by atoms with van der Waals surface area (Å²) in [6.45, 7) is 4.13. The van der Waals surface area contributed by atoms with Crippen molar-refractivity contribution in [2.45, 2.75) is 26.4 Å². The van der Waals surface area contributed by atoms with Gasteiger partial charge in [-0.2, -0.15) is 0 Å². The molecular formula is C13H13FN2O3S. The lowest BCUT2D eigenvalue weighted by molar-refractivity contribution is -0.386. The summed E-state index contributed by atoms with van der Waals surface area (Å²) in [6, 6.07) is 3.13. The van der Waals surface area contributed by atoms with Crippen LogP contribution < -0.4 is 4.74 Å². The molecular weight excluding hydrogens is 283 g/mol. The number of rotatable bonds is 5. The number of benzene rings is 1. The van der Waals surface area contributed by atoms with Gasteiger partial charge in [0.15, 0.2) is 5.75 Å². The number of nitrogens with zero attached hydrogens (tertiary/aromatic N) is 2. The van der Waals surface area contributed by atoms with Crippen LogP contribution in [0.5, 0.6) is 5.75 Å². The summed E-state index contributed by atoms with van der Waals surface area (Å²) in [7, 11) is 0. The van der Waals surface area contributed by atoms with Crippen molar-refractivity contribution >= 4 is 17.0 Å². The molecule has 0 unspecified atom stereocenters. The molecule has 106 valence electrons. The molecule has 5 nitrogen and oxygen atoms in total. The molecule has 0 aliphatic carbocycles. The minimum absolute atomic E-state index is 0.0769. The van der Waals surface area contributed by atoms with Crippen molar-refractivity contribution in [1.29, 1.82) is 0 Å². The van der Waals surface area contributed by atoms with Gasteiger partial charge in [-0.05, 0) is 6.07 Å². The van der Waals surface area contributed by atoms with Gasteiger partial charge in [0, 0.05) is 23.4 Å². The molecule has 1 aromatic carbocycles. The fourth-order valence-corrected chi connectivity index (χ4v) is 2.38. The van der Waals surface area contributed by atoms with Crippen molar-refractivity contribution in [2.24, 2.45) is 0 Å². The Morgan fingerprint density at radius 3 is 2.85 bits per heavy atom. The monoisotopic (exact) mass is 296 g/mol. The standard InChI is InChI=1S/C13H13FN2O3S/c1-8(2)13-15-10(7-20-13)6-19-12-5-9(14)3-4-11(12)16(17)18/h3-5,7-8H,6H2,1-2H3. The van der Waals surface area contributed by atoms with E-state index in [-0.39, 0.29) is 18.0 Å². The largest absolute Gasteiger partial charge is 0.480 e. The Bertz CT molecular complexity index is 628. The zero-order valence-electron chi connectivity index (χ0n) is 11.0. The van der Waals surface area contributed by atoms with E-state index in [1.807, 2.05) is 19.2 Å². The molecule has 0 saturated heterocycles. The van der Waals surface area contributed by atoms with Crippen molar-refractivity contribution in [3.63, 3.8) is 0 Å². The maximum absolute atomic E-state index is 13.1. The van der Waals surface area contributed by atoms with Crippen LogP contribution in [0.15, 0.2) is 23.6 Å². The summed E-state index contributed by atoms with van der Waals surface area (Å²) in [5.41, 5.74) is 0.419. The van der Waals surface area contributed by atoms with E-state index in [0.717, 1.165) is 23.2 Å². The van der Waals surface area contributed by atoms with Gasteiger partial charge in [-0.3, -0.25) is 10.1 Å². The second-order valence-corrected chi connectivity index (χ2v) is 5.38. The van der Waals surface area contributed by atoms with Crippen molar-refractivity contribution in [3.05, 3.63) is 50.2 Å². The van der Waals surface area contributed by atoms with E-state index in [0.29, 0.717) is 11.6 Å². The van der Waals surface area contributed by atoms with Crippen LogP contribution in [0, 0.1) is 15.9 Å². The van der Waals surface area contributed by atoms with Crippen molar-refractivity contribution in [2.75, 3.05) is 0 Å². The van der Waals surface area contributed by atoms with E-state index in [2.05, 4.69) is 4.98 Å². The molecule has 20 heavy (non-hydrogen) atoms. The summed E-state index contributed by atoms with van der Waals surface area (Å²) in [4.78, 5) is 14.6. The molecule has 1 aromatic heterocycles. The first-order valence-corrected chi connectivity index (χ1v) is 6.86. The summed E-state index contributed by atoms with van der Waals surface area (Å²) >= 11 is 1.51. The van der Waals surface area contributed by atoms with Gasteiger partial charge in [-0.25, -0.2) is 9.37 Å². The highest BCUT2D eigenvalue weighted by Crippen LogP contribution is 2.28. The Balaban J connectivity index is 2.13. The number of aromatic nitrogens is 1. The van der Waals surface area contributed by atoms with Gasteiger partial charge in [-0.15, -0.1) is 11.3 Å². The fraction of sp³-hybridized carbons (Fsp3) is 0.308. The highest BCUT2D eigenvalue weighted by atomic mass is 32.1. The Hall–Kier alpha value is -2.02. The van der Waals surface area contributed by atoms with Crippen LogP contribution in [0.4, 0.5) is 10.1 Å². The van der Waals surface area contributed by atoms with Crippen LogP contribution in [-0.2, 0) is 6.61 Å². The average molecular weight is 296 g/mol. The number of halogens is 1. The fourth-order valence-electron chi connectivity index (χ4n) is 1.56. The topological polar surface area (TPSA) is 65.3 Å². The van der Waals surface area contributed by atoms with Crippen LogP contribution >= 0.6 is 11.3 Å². The van der Waals surface area contributed by atoms with Gasteiger partial charge in [0.2, 0.25) is 0 Å². The summed E-state index contributed by atoms with van der Waals surface area (Å²) in [6.07, 6.45) is 0. The van der Waals surface area contributed by atoms with E-state index < -0.39 is 10.7 Å². The zero-order chi connectivity index (χ0) is 14.7. The zero-order valence-corrected chi connectivity index (χ0v) is 11.8. The molecule has 2 aromatic rings. The molecule has 0 aliphatic heterocycles. The lowest BCUT2D eigenvalue weighted by atomic mass is 10.2. The quantitative estimate of drug-likeness (QED) is 0.620. The first-order valence-electron chi connectivity index (χ1n) is 5.98. The molecule has 0 amide bonds. The van der Waals surface area contributed by atoms with E-state index in [9.17, 15) is 14.5 Å². The molecule has 0 N–H and O–H groups in total. The maximum Gasteiger partial charge on any atom is 0.311 e. The molecule has 0 saturated carbocycles. The van der Waals surface area contributed by atoms with Gasteiger partial charge in [-0.1, -0.05) is 13.8 Å². The van der Waals surface area contributed by atoms with E-state index >= 15 is 0 Å². The van der Waals surface area contributed by atoms with Crippen LogP contribution in [0.3, 0.4) is 0 Å². The highest BCUT2D eigenvalue weighted by Gasteiger charge is 2.16. The molecule has 0 spiro atoms. The van der Waals surface area contributed by atoms with Crippen molar-refractivity contribution < 1.29 is 14.1 Å². The van der Waals surface area contributed by atoms with Gasteiger partial charge in [0.05, 0.1) is 15.6 Å². The van der Waals surface area contributed by atoms with Crippen LogP contribution in [0.2, 0.25) is 0 Å². The molecule has 0 fully saturated rings. The van der Waals surface area contributed by atoms with Crippen molar-refractivity contribution in [1.82, 2.24) is 4.98 Å². The predicted octanol–water partition coefficient (Wildman–Crippen LogP) is 3.89. The summed E-state index contributed by atoms with van der Waals surface area (Å²) in [5, 5.41) is 13.6. The first kappa shape index (κ1) is 14.4. The molecule has 0 aliphatic rings. The van der Waals surface area contributed by atoms with Gasteiger partial charge in [0.1, 0.15) is 12.4 Å². The van der Waals surface area contributed by atoms with Gasteiger partial charge >= 0.3 is 5.69 Å². The Morgan fingerprint density at radius 2 is 2.25 bits per heavy atom. The number of thiazole rings is 1. The summed E-state index contributed by atoms with van der Waals surface area (Å²) < 4.78 is 18.5. The van der Waals surface area contributed by atoms with Gasteiger partial charge < -0.3 is 4.74 Å². The highest BCUT2D eigenvalue weighted by molar-refractivity contribution is 7.09. The predicted molar refractivity (Wildman–Crippen MR) is 73.6 cm³/mol. The van der Waals surface area contributed by atoms with Crippen molar-refractivity contribution in [3.8, 4) is 5.75 Å². The third-order valence-corrected chi connectivity index (χ3v) is 3.75. The summed E-state index contributed by atoms with van der Waals surface area (Å²) in [5.74, 6) is -0.349. The number of hydrogen-bond acceptors (Lipinski definition) is 5. The van der Waals surface area contributed by atoms with Crippen LogP contribution in [-0.4, -0.2) is 9.91 Å². The average Bonchev–Trinajstić information content (AvgIpc) is 2.85. The van der Waals surface area contributed by atoms with Crippen LogP contribution in [0.25, 0.3) is 0 Å². The Morgan fingerprint density at radius 1 is 1.50 bits per heavy atom. The molecule has 0 atom stereocenters. The molecule has 0 bridgehead atoms. The van der Waals surface area contributed by atoms with Gasteiger partial charge in [0.25, 0.3) is 0 Å². The second-order valence-electron chi connectivity index (χ2n) is 4.49. The maximum atomic E-state index is 13.1. The van der Waals surface area contributed by atoms with E-state index in [1.165, 1.54) is 11.3 Å². The number of hydrogen-bond donors (Lipinski definition) is 0. The first-order chi connectivity index (χ1) is 9.47. The smallest absolute Gasteiger partial charge is 0.311 e. The molecule has 1 heterocycles. The molecule has 2 rings (SSSR count). The number of nitro benzene ring substituents is 1. The SMILES string of the molecule is CC(C)c1nc(COc2cc(F)ccc2[N+](=O)[O-])cs1. The lowest BCUT2D eigenvalue weighted by Gasteiger charge is -2.05. The Kier molecular flexibility index (Phi) is 4.29. The number of ether oxygens (including phenoxy) is 1. The number of nitro groups is 1.